The number of anilines is 1. The van der Waals surface area contributed by atoms with Gasteiger partial charge in [-0.1, -0.05) is 0 Å². The molecular weight excluding hydrogens is 225 g/mol. The van der Waals surface area contributed by atoms with Gasteiger partial charge in [-0.25, -0.2) is 9.37 Å². The van der Waals surface area contributed by atoms with Crippen LogP contribution in [0.1, 0.15) is 0 Å². The van der Waals surface area contributed by atoms with Crippen molar-refractivity contribution >= 4 is 29.2 Å². The lowest BCUT2D eigenvalue weighted by molar-refractivity contribution is 0.604. The highest BCUT2D eigenvalue weighted by Gasteiger charge is 2.16. The molecule has 0 unspecified atom stereocenters. The normalized spacial score (nSPS) is 17.1. The maximum atomic E-state index is 13.3. The molecule has 1 saturated heterocycles. The first-order chi connectivity index (χ1) is 6.77. The molecule has 0 N–H and O–H groups in total. The lowest BCUT2D eigenvalue weighted by Gasteiger charge is -2.27. The Labute approximate surface area is 90.7 Å². The molecule has 76 valence electrons. The van der Waals surface area contributed by atoms with E-state index in [-0.39, 0.29) is 5.28 Å². The molecule has 0 spiro atoms. The zero-order valence-electron chi connectivity index (χ0n) is 7.41. The van der Waals surface area contributed by atoms with E-state index in [0.717, 1.165) is 30.8 Å². The third-order valence-electron chi connectivity index (χ3n) is 2.01. The molecule has 0 aliphatic carbocycles. The van der Waals surface area contributed by atoms with Crippen molar-refractivity contribution in [3.05, 3.63) is 17.3 Å². The molecule has 14 heavy (non-hydrogen) atoms. The van der Waals surface area contributed by atoms with Gasteiger partial charge in [0, 0.05) is 24.6 Å². The van der Waals surface area contributed by atoms with Crippen molar-refractivity contribution in [2.75, 3.05) is 29.5 Å². The third-order valence-corrected chi connectivity index (χ3v) is 3.13. The molecular formula is C8H9ClFN3S. The van der Waals surface area contributed by atoms with E-state index in [1.165, 1.54) is 0 Å². The zero-order valence-corrected chi connectivity index (χ0v) is 8.98. The van der Waals surface area contributed by atoms with Crippen molar-refractivity contribution in [2.24, 2.45) is 0 Å². The van der Waals surface area contributed by atoms with Crippen molar-refractivity contribution in [3.63, 3.8) is 0 Å². The Morgan fingerprint density at radius 1 is 1.43 bits per heavy atom. The molecule has 1 aliphatic rings. The summed E-state index contributed by atoms with van der Waals surface area (Å²) in [6.07, 6.45) is 1.12. The van der Waals surface area contributed by atoms with Gasteiger partial charge in [-0.3, -0.25) is 0 Å². The molecule has 6 heteroatoms. The summed E-state index contributed by atoms with van der Waals surface area (Å²) in [5.41, 5.74) is 0. The van der Waals surface area contributed by atoms with Crippen LogP contribution >= 0.6 is 23.4 Å². The van der Waals surface area contributed by atoms with Gasteiger partial charge in [0.15, 0.2) is 11.6 Å². The average molecular weight is 234 g/mol. The fourth-order valence-electron chi connectivity index (χ4n) is 1.33. The average Bonchev–Trinajstić information content (AvgIpc) is 2.23. The molecule has 3 nitrogen and oxygen atoms in total. The lowest BCUT2D eigenvalue weighted by atomic mass is 10.4. The minimum atomic E-state index is -0.402. The van der Waals surface area contributed by atoms with Gasteiger partial charge in [-0.05, 0) is 11.6 Å². The smallest absolute Gasteiger partial charge is 0.224 e. The van der Waals surface area contributed by atoms with Gasteiger partial charge in [-0.2, -0.15) is 16.7 Å². The van der Waals surface area contributed by atoms with Crippen LogP contribution in [0.2, 0.25) is 5.28 Å². The van der Waals surface area contributed by atoms with Crippen LogP contribution in [-0.4, -0.2) is 34.6 Å². The van der Waals surface area contributed by atoms with Gasteiger partial charge in [0.2, 0.25) is 5.28 Å². The van der Waals surface area contributed by atoms with Gasteiger partial charge in [0.05, 0.1) is 6.20 Å². The molecule has 0 bridgehead atoms. The molecule has 1 aliphatic heterocycles. The third kappa shape index (κ3) is 2.09. The van der Waals surface area contributed by atoms with Gasteiger partial charge < -0.3 is 4.90 Å². The Hall–Kier alpha value is -0.550. The summed E-state index contributed by atoms with van der Waals surface area (Å²) in [7, 11) is 0. The van der Waals surface area contributed by atoms with Crippen LogP contribution in [0.4, 0.5) is 10.2 Å². The SMILES string of the molecule is Fc1cnc(Cl)nc1N1CCSCC1. The lowest BCUT2D eigenvalue weighted by Crippen LogP contribution is -2.33. The van der Waals surface area contributed by atoms with E-state index in [4.69, 9.17) is 11.6 Å². The molecule has 1 aromatic heterocycles. The number of rotatable bonds is 1. The molecule has 0 atom stereocenters. The predicted octanol–water partition coefficient (Wildman–Crippen LogP) is 1.82. The summed E-state index contributed by atoms with van der Waals surface area (Å²) in [6, 6.07) is 0. The summed E-state index contributed by atoms with van der Waals surface area (Å²) >= 11 is 7.48. The quantitative estimate of drug-likeness (QED) is 0.692. The predicted molar refractivity (Wildman–Crippen MR) is 56.5 cm³/mol. The van der Waals surface area contributed by atoms with E-state index < -0.39 is 5.82 Å². The van der Waals surface area contributed by atoms with Crippen molar-refractivity contribution < 1.29 is 4.39 Å². The maximum absolute atomic E-state index is 13.3. The summed E-state index contributed by atoms with van der Waals surface area (Å²) in [5.74, 6) is 1.92. The summed E-state index contributed by atoms with van der Waals surface area (Å²) in [6.45, 7) is 1.63. The Morgan fingerprint density at radius 3 is 2.86 bits per heavy atom. The number of aromatic nitrogens is 2. The van der Waals surface area contributed by atoms with E-state index in [0.29, 0.717) is 5.82 Å². The number of halogens is 2. The largest absolute Gasteiger partial charge is 0.352 e. The summed E-state index contributed by atoms with van der Waals surface area (Å²) in [5, 5.41) is 0.0969. The van der Waals surface area contributed by atoms with E-state index in [1.54, 1.807) is 0 Å². The van der Waals surface area contributed by atoms with E-state index in [1.807, 2.05) is 16.7 Å². The second-order valence-electron chi connectivity index (χ2n) is 2.91. The van der Waals surface area contributed by atoms with Gasteiger partial charge >= 0.3 is 0 Å². The van der Waals surface area contributed by atoms with Gasteiger partial charge in [-0.15, -0.1) is 0 Å². The van der Waals surface area contributed by atoms with Crippen molar-refractivity contribution in [1.82, 2.24) is 9.97 Å². The van der Waals surface area contributed by atoms with Crippen molar-refractivity contribution in [2.45, 2.75) is 0 Å². The standard InChI is InChI=1S/C8H9ClFN3S/c9-8-11-5-6(10)7(12-8)13-1-3-14-4-2-13/h5H,1-4H2. The minimum absolute atomic E-state index is 0.0969. The first-order valence-corrected chi connectivity index (χ1v) is 5.81. The topological polar surface area (TPSA) is 29.0 Å². The van der Waals surface area contributed by atoms with Crippen LogP contribution in [0.25, 0.3) is 0 Å². The molecule has 0 radical (unpaired) electrons. The molecule has 2 heterocycles. The highest BCUT2D eigenvalue weighted by molar-refractivity contribution is 7.99. The number of thioether (sulfide) groups is 1. The second-order valence-corrected chi connectivity index (χ2v) is 4.47. The van der Waals surface area contributed by atoms with Crippen LogP contribution in [0.5, 0.6) is 0 Å². The molecule has 2 rings (SSSR count). The van der Waals surface area contributed by atoms with Crippen LogP contribution in [0, 0.1) is 5.82 Å². The summed E-state index contributed by atoms with van der Waals surface area (Å²) in [4.78, 5) is 9.38. The van der Waals surface area contributed by atoms with Crippen LogP contribution in [-0.2, 0) is 0 Å². The highest BCUT2D eigenvalue weighted by atomic mass is 35.5. The van der Waals surface area contributed by atoms with Crippen molar-refractivity contribution in [1.29, 1.82) is 0 Å². The second kappa shape index (κ2) is 4.31. The van der Waals surface area contributed by atoms with E-state index >= 15 is 0 Å². The van der Waals surface area contributed by atoms with Crippen LogP contribution in [0.15, 0.2) is 6.20 Å². The molecule has 0 amide bonds. The number of hydrogen-bond donors (Lipinski definition) is 0. The molecule has 1 aromatic rings. The van der Waals surface area contributed by atoms with E-state index in [9.17, 15) is 4.39 Å². The number of hydrogen-bond acceptors (Lipinski definition) is 4. The summed E-state index contributed by atoms with van der Waals surface area (Å²) < 4.78 is 13.3. The first kappa shape index (κ1) is 9.98. The Balaban J connectivity index is 2.24. The van der Waals surface area contributed by atoms with Crippen LogP contribution in [0.3, 0.4) is 0 Å². The maximum Gasteiger partial charge on any atom is 0.224 e. The Kier molecular flexibility index (Phi) is 3.08. The Bertz CT molecular complexity index is 330. The molecule has 1 fully saturated rings. The molecule has 0 aromatic carbocycles. The van der Waals surface area contributed by atoms with Crippen LogP contribution < -0.4 is 4.90 Å². The van der Waals surface area contributed by atoms with Gasteiger partial charge in [0.1, 0.15) is 0 Å². The zero-order chi connectivity index (χ0) is 9.97. The number of nitrogens with zero attached hydrogens (tertiary/aromatic N) is 3. The van der Waals surface area contributed by atoms with Crippen molar-refractivity contribution in [3.8, 4) is 0 Å². The van der Waals surface area contributed by atoms with Gasteiger partial charge in [0.25, 0.3) is 0 Å². The minimum Gasteiger partial charge on any atom is -0.352 e. The monoisotopic (exact) mass is 233 g/mol. The first-order valence-electron chi connectivity index (χ1n) is 4.28. The Morgan fingerprint density at radius 2 is 2.14 bits per heavy atom. The highest BCUT2D eigenvalue weighted by Crippen LogP contribution is 2.20. The molecule has 0 saturated carbocycles. The fourth-order valence-corrected chi connectivity index (χ4v) is 2.37. The van der Waals surface area contributed by atoms with E-state index in [2.05, 4.69) is 9.97 Å². The fraction of sp³-hybridized carbons (Fsp3) is 0.500.